The molecule has 0 spiro atoms. The highest BCUT2D eigenvalue weighted by Gasteiger charge is 2.34. The number of anilines is 2. The number of methoxy groups -OCH3 is 1. The second-order valence-electron chi connectivity index (χ2n) is 8.69. The summed E-state index contributed by atoms with van der Waals surface area (Å²) in [5, 5.41) is 19.1. The van der Waals surface area contributed by atoms with E-state index in [1.165, 1.54) is 12.1 Å². The topological polar surface area (TPSA) is 90.0 Å². The van der Waals surface area contributed by atoms with Crippen LogP contribution in [-0.2, 0) is 6.54 Å². The number of hydrogen-bond donors (Lipinski definition) is 2. The number of fused-ring (bicyclic) bond motifs is 1. The molecule has 2 atom stereocenters. The Morgan fingerprint density at radius 3 is 2.74 bits per heavy atom. The molecule has 5 rings (SSSR count). The van der Waals surface area contributed by atoms with E-state index in [-0.39, 0.29) is 11.7 Å². The molecule has 34 heavy (non-hydrogen) atoms. The molecule has 0 saturated heterocycles. The van der Waals surface area contributed by atoms with Crippen LogP contribution in [0, 0.1) is 5.82 Å². The van der Waals surface area contributed by atoms with Gasteiger partial charge in [0.05, 0.1) is 18.4 Å². The van der Waals surface area contributed by atoms with Crippen molar-refractivity contribution in [3.8, 4) is 11.4 Å². The van der Waals surface area contributed by atoms with Crippen molar-refractivity contribution < 1.29 is 14.2 Å². The van der Waals surface area contributed by atoms with E-state index in [9.17, 15) is 9.50 Å². The maximum atomic E-state index is 13.5. The predicted molar refractivity (Wildman–Crippen MR) is 127 cm³/mol. The van der Waals surface area contributed by atoms with Gasteiger partial charge in [-0.05, 0) is 49.6 Å². The lowest BCUT2D eigenvalue weighted by molar-refractivity contribution is 0.0384. The highest BCUT2D eigenvalue weighted by molar-refractivity contribution is 6.29. The summed E-state index contributed by atoms with van der Waals surface area (Å²) in [6.07, 6.45) is 4.32. The van der Waals surface area contributed by atoms with E-state index in [0.717, 1.165) is 22.8 Å². The number of halogens is 2. The van der Waals surface area contributed by atoms with Gasteiger partial charge in [0.25, 0.3) is 0 Å². The fourth-order valence-electron chi connectivity index (χ4n) is 4.30. The fraction of sp³-hybridized carbons (Fsp3) is 0.292. The normalized spacial score (nSPS) is 20.0. The first kappa shape index (κ1) is 22.4. The number of nitrogens with one attached hydrogen (secondary N) is 1. The average Bonchev–Trinajstić information content (AvgIpc) is 3.40. The van der Waals surface area contributed by atoms with Crippen LogP contribution in [0.3, 0.4) is 0 Å². The fourth-order valence-corrected chi connectivity index (χ4v) is 4.45. The number of imidazole rings is 1. The van der Waals surface area contributed by atoms with Crippen LogP contribution in [0.15, 0.2) is 55.0 Å². The van der Waals surface area contributed by atoms with Crippen LogP contribution in [0.5, 0.6) is 5.75 Å². The summed E-state index contributed by atoms with van der Waals surface area (Å²) in [5.74, 6) is 1.26. The number of nitrogens with zero attached hydrogens (tertiary/aromatic N) is 5. The molecule has 1 aliphatic rings. The van der Waals surface area contributed by atoms with E-state index in [2.05, 4.69) is 15.4 Å². The van der Waals surface area contributed by atoms with E-state index in [1.807, 2.05) is 29.8 Å². The Morgan fingerprint density at radius 2 is 2.03 bits per heavy atom. The van der Waals surface area contributed by atoms with Gasteiger partial charge in [-0.15, -0.1) is 5.10 Å². The van der Waals surface area contributed by atoms with Crippen LogP contribution in [-0.4, -0.2) is 42.1 Å². The van der Waals surface area contributed by atoms with Crippen molar-refractivity contribution in [1.29, 1.82) is 0 Å². The third-order valence-electron chi connectivity index (χ3n) is 6.06. The first-order valence-corrected chi connectivity index (χ1v) is 11.3. The maximum Gasteiger partial charge on any atom is 0.246 e. The van der Waals surface area contributed by atoms with Gasteiger partial charge < -0.3 is 19.7 Å². The highest BCUT2D eigenvalue weighted by atomic mass is 35.5. The molecule has 0 aliphatic carbocycles. The predicted octanol–water partition coefficient (Wildman–Crippen LogP) is 4.69. The number of aliphatic hydroxyl groups is 1. The Bertz CT molecular complexity index is 1320. The number of hydrogen-bond acceptors (Lipinski definition) is 6. The van der Waals surface area contributed by atoms with E-state index in [1.54, 1.807) is 36.3 Å². The van der Waals surface area contributed by atoms with Gasteiger partial charge in [-0.1, -0.05) is 23.7 Å². The molecule has 0 amide bonds. The molecule has 10 heteroatoms. The van der Waals surface area contributed by atoms with Crippen molar-refractivity contribution in [3.63, 3.8) is 0 Å². The highest BCUT2D eigenvalue weighted by Crippen LogP contribution is 2.37. The van der Waals surface area contributed by atoms with Crippen LogP contribution in [0.4, 0.5) is 16.0 Å². The monoisotopic (exact) mass is 482 g/mol. The molecule has 2 aromatic heterocycles. The summed E-state index contributed by atoms with van der Waals surface area (Å²) in [6, 6.07) is 11.9. The van der Waals surface area contributed by atoms with Gasteiger partial charge in [0.2, 0.25) is 5.95 Å². The average molecular weight is 483 g/mol. The first-order chi connectivity index (χ1) is 16.3. The van der Waals surface area contributed by atoms with E-state index in [0.29, 0.717) is 36.2 Å². The number of benzene rings is 2. The lowest BCUT2D eigenvalue weighted by Crippen LogP contribution is -2.26. The second-order valence-corrected chi connectivity index (χ2v) is 9.07. The number of aryl methyl sites for hydroxylation is 1. The molecule has 0 unspecified atom stereocenters. The van der Waals surface area contributed by atoms with Gasteiger partial charge in [0.1, 0.15) is 28.9 Å². The molecular formula is C24H24ClFN6O2. The minimum atomic E-state index is -0.881. The summed E-state index contributed by atoms with van der Waals surface area (Å²) in [5.41, 5.74) is 1.54. The largest absolute Gasteiger partial charge is 0.494 e. The van der Waals surface area contributed by atoms with Crippen molar-refractivity contribution in [1.82, 2.24) is 24.3 Å². The van der Waals surface area contributed by atoms with E-state index < -0.39 is 5.60 Å². The lowest BCUT2D eigenvalue weighted by Gasteiger charge is -2.24. The summed E-state index contributed by atoms with van der Waals surface area (Å²) >= 11 is 5.95. The van der Waals surface area contributed by atoms with Crippen molar-refractivity contribution in [3.05, 3.63) is 77.3 Å². The standard InChI is InChI=1S/C24H24ClFN6O2/c1-24(33)9-10-32-22(18(12-24)15-3-5-16(26)6-4-15)29-23(30-32)28-17-7-8-19(20(11-17)34-2)31-13-21(25)27-14-31/h3-8,11,13-14,18,33H,9-10,12H2,1-2H3,(H,28,30)/t18-,24+/m0/s1. The number of ether oxygens (including phenoxy) is 1. The zero-order valence-corrected chi connectivity index (χ0v) is 19.5. The minimum Gasteiger partial charge on any atom is -0.494 e. The Morgan fingerprint density at radius 1 is 1.24 bits per heavy atom. The molecule has 0 radical (unpaired) electrons. The van der Waals surface area contributed by atoms with Gasteiger partial charge in [-0.3, -0.25) is 0 Å². The summed E-state index contributed by atoms with van der Waals surface area (Å²) in [6.45, 7) is 2.34. The molecule has 1 aliphatic heterocycles. The Hall–Kier alpha value is -3.43. The quantitative estimate of drug-likeness (QED) is 0.429. The molecule has 2 N–H and O–H groups in total. The molecule has 3 heterocycles. The Labute approximate surface area is 201 Å². The van der Waals surface area contributed by atoms with Gasteiger partial charge >= 0.3 is 0 Å². The van der Waals surface area contributed by atoms with Gasteiger partial charge in [0, 0.05) is 30.4 Å². The zero-order valence-electron chi connectivity index (χ0n) is 18.7. The van der Waals surface area contributed by atoms with Crippen molar-refractivity contribution in [2.24, 2.45) is 0 Å². The third-order valence-corrected chi connectivity index (χ3v) is 6.25. The second kappa shape index (κ2) is 8.73. The molecule has 0 fully saturated rings. The van der Waals surface area contributed by atoms with Crippen molar-refractivity contribution in [2.45, 2.75) is 37.8 Å². The molecule has 2 aromatic carbocycles. The zero-order chi connectivity index (χ0) is 23.9. The van der Waals surface area contributed by atoms with Crippen molar-refractivity contribution in [2.75, 3.05) is 12.4 Å². The van der Waals surface area contributed by atoms with Crippen molar-refractivity contribution >= 4 is 23.2 Å². The van der Waals surface area contributed by atoms with Gasteiger partial charge in [-0.2, -0.15) is 4.98 Å². The van der Waals surface area contributed by atoms with Gasteiger partial charge in [-0.25, -0.2) is 14.1 Å². The third kappa shape index (κ3) is 4.49. The SMILES string of the molecule is COc1cc(Nc2nc3n(n2)CC[C@@](C)(O)C[C@H]3c2ccc(F)cc2)ccc1-n1cnc(Cl)c1. The lowest BCUT2D eigenvalue weighted by atomic mass is 9.86. The Kier molecular flexibility index (Phi) is 5.75. The Balaban J connectivity index is 1.46. The first-order valence-electron chi connectivity index (χ1n) is 10.9. The van der Waals surface area contributed by atoms with Crippen LogP contribution in [0.25, 0.3) is 5.69 Å². The number of aromatic nitrogens is 5. The molecule has 0 saturated carbocycles. The molecule has 8 nitrogen and oxygen atoms in total. The maximum absolute atomic E-state index is 13.5. The van der Waals surface area contributed by atoms with E-state index in [4.69, 9.17) is 21.3 Å². The van der Waals surface area contributed by atoms with Crippen LogP contribution in [0.1, 0.15) is 37.1 Å². The molecule has 4 aromatic rings. The minimum absolute atomic E-state index is 0.218. The van der Waals surface area contributed by atoms with E-state index >= 15 is 0 Å². The van der Waals surface area contributed by atoms with Crippen LogP contribution in [0.2, 0.25) is 5.15 Å². The van der Waals surface area contributed by atoms with Crippen LogP contribution >= 0.6 is 11.6 Å². The van der Waals surface area contributed by atoms with Crippen LogP contribution < -0.4 is 10.1 Å². The van der Waals surface area contributed by atoms with Gasteiger partial charge in [0.15, 0.2) is 0 Å². The molecule has 176 valence electrons. The summed E-state index contributed by atoms with van der Waals surface area (Å²) < 4.78 is 22.7. The summed E-state index contributed by atoms with van der Waals surface area (Å²) in [4.78, 5) is 8.80. The smallest absolute Gasteiger partial charge is 0.246 e. The molecule has 0 bridgehead atoms. The number of rotatable bonds is 5. The summed E-state index contributed by atoms with van der Waals surface area (Å²) in [7, 11) is 1.59. The molecular weight excluding hydrogens is 459 g/mol.